The number of amides is 2. The highest BCUT2D eigenvalue weighted by atomic mass is 16.3. The zero-order valence-corrected chi connectivity index (χ0v) is 10.3. The number of likely N-dealkylation sites (tertiary alicyclic amines) is 1. The average Bonchev–Trinajstić information content (AvgIpc) is 2.60. The lowest BCUT2D eigenvalue weighted by molar-refractivity contribution is -0.137. The van der Waals surface area contributed by atoms with Crippen molar-refractivity contribution in [3.63, 3.8) is 0 Å². The molecule has 1 fully saturated rings. The Morgan fingerprint density at radius 3 is 2.41 bits per heavy atom. The lowest BCUT2D eigenvalue weighted by Gasteiger charge is -2.23. The fraction of sp³-hybridized carbons (Fsp3) is 0.727. The van der Waals surface area contributed by atoms with E-state index < -0.39 is 18.2 Å². The number of hydrogen-bond acceptors (Lipinski definition) is 4. The summed E-state index contributed by atoms with van der Waals surface area (Å²) in [7, 11) is 0. The molecule has 0 spiro atoms. The van der Waals surface area contributed by atoms with Crippen molar-refractivity contribution in [3.05, 3.63) is 0 Å². The van der Waals surface area contributed by atoms with E-state index in [1.54, 1.807) is 6.92 Å². The van der Waals surface area contributed by atoms with Crippen molar-refractivity contribution >= 4 is 17.6 Å². The van der Waals surface area contributed by atoms with Crippen LogP contribution < -0.4 is 5.32 Å². The summed E-state index contributed by atoms with van der Waals surface area (Å²) in [6.45, 7) is 4.50. The molecular weight excluding hydrogens is 224 g/mol. The van der Waals surface area contributed by atoms with E-state index in [0.717, 1.165) is 0 Å². The second-order valence-electron chi connectivity index (χ2n) is 4.42. The summed E-state index contributed by atoms with van der Waals surface area (Å²) >= 11 is 0. The topological polar surface area (TPSA) is 86.7 Å². The van der Waals surface area contributed by atoms with Crippen LogP contribution in [0.2, 0.25) is 0 Å². The van der Waals surface area contributed by atoms with Gasteiger partial charge in [-0.3, -0.25) is 14.4 Å². The number of carbonyl (C=O) groups excluding carboxylic acids is 3. The monoisotopic (exact) mass is 242 g/mol. The number of carbonyl (C=O) groups is 3. The number of hydrogen-bond donors (Lipinski definition) is 2. The molecule has 0 radical (unpaired) electrons. The molecule has 3 atom stereocenters. The van der Waals surface area contributed by atoms with Crippen LogP contribution >= 0.6 is 0 Å². The third-order valence-electron chi connectivity index (χ3n) is 2.95. The zero-order chi connectivity index (χ0) is 13.2. The molecule has 0 aromatic rings. The van der Waals surface area contributed by atoms with Crippen LogP contribution in [0.3, 0.4) is 0 Å². The van der Waals surface area contributed by atoms with Crippen molar-refractivity contribution in [1.29, 1.82) is 0 Å². The Hall–Kier alpha value is -1.43. The van der Waals surface area contributed by atoms with Gasteiger partial charge in [-0.05, 0) is 13.8 Å². The summed E-state index contributed by atoms with van der Waals surface area (Å²) in [4.78, 5) is 35.5. The fourth-order valence-corrected chi connectivity index (χ4v) is 1.82. The van der Waals surface area contributed by atoms with Gasteiger partial charge in [0.05, 0.1) is 12.1 Å². The van der Waals surface area contributed by atoms with Crippen LogP contribution in [-0.4, -0.2) is 52.3 Å². The van der Waals surface area contributed by atoms with Gasteiger partial charge in [0.15, 0.2) is 5.78 Å². The minimum atomic E-state index is -0.678. The molecule has 0 bridgehead atoms. The molecule has 2 N–H and O–H groups in total. The molecule has 1 aliphatic rings. The van der Waals surface area contributed by atoms with E-state index in [-0.39, 0.29) is 30.6 Å². The third kappa shape index (κ3) is 3.26. The smallest absolute Gasteiger partial charge is 0.243 e. The number of nitrogens with one attached hydrogen (secondary N) is 1. The second-order valence-corrected chi connectivity index (χ2v) is 4.42. The molecule has 6 heteroatoms. The van der Waals surface area contributed by atoms with Gasteiger partial charge in [-0.15, -0.1) is 0 Å². The van der Waals surface area contributed by atoms with Gasteiger partial charge in [-0.25, -0.2) is 0 Å². The highest BCUT2D eigenvalue weighted by Gasteiger charge is 2.37. The van der Waals surface area contributed by atoms with Crippen LogP contribution in [0.4, 0.5) is 0 Å². The van der Waals surface area contributed by atoms with Gasteiger partial charge in [0.1, 0.15) is 6.04 Å². The predicted molar refractivity (Wildman–Crippen MR) is 60.1 cm³/mol. The van der Waals surface area contributed by atoms with Gasteiger partial charge >= 0.3 is 0 Å². The number of rotatable bonds is 3. The van der Waals surface area contributed by atoms with Gasteiger partial charge in [-0.2, -0.15) is 0 Å². The molecule has 0 saturated carbocycles. The zero-order valence-electron chi connectivity index (χ0n) is 10.3. The SMILES string of the molecule is CC(=O)[C@@H](C)NC(=O)[C@@H]1CC(O)CN1C(C)=O. The molecule has 1 heterocycles. The fourth-order valence-electron chi connectivity index (χ4n) is 1.82. The van der Waals surface area contributed by atoms with Crippen molar-refractivity contribution in [2.24, 2.45) is 0 Å². The molecule has 2 amide bonds. The van der Waals surface area contributed by atoms with Gasteiger partial charge in [-0.1, -0.05) is 0 Å². The third-order valence-corrected chi connectivity index (χ3v) is 2.95. The summed E-state index contributed by atoms with van der Waals surface area (Å²) in [6.07, 6.45) is -0.460. The molecule has 0 aromatic carbocycles. The minimum Gasteiger partial charge on any atom is -0.391 e. The van der Waals surface area contributed by atoms with E-state index >= 15 is 0 Å². The van der Waals surface area contributed by atoms with E-state index in [1.807, 2.05) is 0 Å². The van der Waals surface area contributed by atoms with Crippen LogP contribution in [-0.2, 0) is 14.4 Å². The first-order chi connectivity index (χ1) is 7.82. The standard InChI is InChI=1S/C11H18N2O4/c1-6(7(2)14)12-11(17)10-4-9(16)5-13(10)8(3)15/h6,9-10,16H,4-5H2,1-3H3,(H,12,17)/t6-,9?,10+/m1/s1. The normalized spacial score (nSPS) is 25.5. The molecule has 17 heavy (non-hydrogen) atoms. The summed E-state index contributed by atoms with van der Waals surface area (Å²) in [5.74, 6) is -0.789. The Labute approximate surface area is 100.0 Å². The summed E-state index contributed by atoms with van der Waals surface area (Å²) < 4.78 is 0. The number of nitrogens with zero attached hydrogens (tertiary/aromatic N) is 1. The number of Topliss-reactive ketones (excluding diaryl/α,β-unsaturated/α-hetero) is 1. The molecule has 1 aliphatic heterocycles. The van der Waals surface area contributed by atoms with Crippen LogP contribution in [0.15, 0.2) is 0 Å². The van der Waals surface area contributed by atoms with Gasteiger partial charge in [0, 0.05) is 19.9 Å². The molecule has 1 rings (SSSR count). The first kappa shape index (κ1) is 13.6. The molecule has 1 saturated heterocycles. The Balaban J connectivity index is 2.67. The van der Waals surface area contributed by atoms with Gasteiger partial charge in [0.2, 0.25) is 11.8 Å². The number of aliphatic hydroxyl groups excluding tert-OH is 1. The predicted octanol–water partition coefficient (Wildman–Crippen LogP) is -0.938. The first-order valence-corrected chi connectivity index (χ1v) is 5.59. The van der Waals surface area contributed by atoms with Gasteiger partial charge in [0.25, 0.3) is 0 Å². The summed E-state index contributed by atoms with van der Waals surface area (Å²) in [5, 5.41) is 12.0. The van der Waals surface area contributed by atoms with E-state index in [2.05, 4.69) is 5.32 Å². The maximum atomic E-state index is 11.9. The van der Waals surface area contributed by atoms with Crippen molar-refractivity contribution in [3.8, 4) is 0 Å². The highest BCUT2D eigenvalue weighted by molar-refractivity contribution is 5.91. The lowest BCUT2D eigenvalue weighted by Crippen LogP contribution is -2.49. The number of aliphatic hydroxyl groups is 1. The molecule has 0 aliphatic carbocycles. The van der Waals surface area contributed by atoms with Gasteiger partial charge < -0.3 is 15.3 Å². The van der Waals surface area contributed by atoms with Crippen LogP contribution in [0.25, 0.3) is 0 Å². The Bertz CT molecular complexity index is 342. The number of β-amino-alcohol motifs (C(OH)–C–C–N with tert-alkyl or cyclic N) is 1. The van der Waals surface area contributed by atoms with Crippen LogP contribution in [0.1, 0.15) is 27.2 Å². The molecule has 0 aromatic heterocycles. The minimum absolute atomic E-state index is 0.147. The van der Waals surface area contributed by atoms with Crippen LogP contribution in [0, 0.1) is 0 Å². The van der Waals surface area contributed by atoms with E-state index in [9.17, 15) is 19.5 Å². The Kier molecular flexibility index (Phi) is 4.22. The molecule has 6 nitrogen and oxygen atoms in total. The van der Waals surface area contributed by atoms with Crippen molar-refractivity contribution in [2.45, 2.75) is 45.4 Å². The number of ketones is 1. The molecule has 1 unspecified atom stereocenters. The van der Waals surface area contributed by atoms with E-state index in [0.29, 0.717) is 0 Å². The van der Waals surface area contributed by atoms with E-state index in [1.165, 1.54) is 18.7 Å². The second kappa shape index (κ2) is 5.27. The Morgan fingerprint density at radius 2 is 1.94 bits per heavy atom. The van der Waals surface area contributed by atoms with Crippen LogP contribution in [0.5, 0.6) is 0 Å². The quantitative estimate of drug-likeness (QED) is 0.669. The average molecular weight is 242 g/mol. The summed E-state index contributed by atoms with van der Waals surface area (Å²) in [5.41, 5.74) is 0. The first-order valence-electron chi connectivity index (χ1n) is 5.59. The lowest BCUT2D eigenvalue weighted by atomic mass is 10.1. The van der Waals surface area contributed by atoms with Crippen molar-refractivity contribution in [1.82, 2.24) is 10.2 Å². The highest BCUT2D eigenvalue weighted by Crippen LogP contribution is 2.18. The maximum Gasteiger partial charge on any atom is 0.243 e. The molecular formula is C11H18N2O4. The largest absolute Gasteiger partial charge is 0.391 e. The van der Waals surface area contributed by atoms with Crippen molar-refractivity contribution < 1.29 is 19.5 Å². The summed E-state index contributed by atoms with van der Waals surface area (Å²) in [6, 6.07) is -1.25. The van der Waals surface area contributed by atoms with Crippen molar-refractivity contribution in [2.75, 3.05) is 6.54 Å². The van der Waals surface area contributed by atoms with E-state index in [4.69, 9.17) is 0 Å². The molecule has 96 valence electrons. The Morgan fingerprint density at radius 1 is 1.35 bits per heavy atom. The maximum absolute atomic E-state index is 11.9.